The predicted octanol–water partition coefficient (Wildman–Crippen LogP) is 4.30. The summed E-state index contributed by atoms with van der Waals surface area (Å²) in [5.74, 6) is 2.83. The highest BCUT2D eigenvalue weighted by Crippen LogP contribution is 2.27. The topological polar surface area (TPSA) is 60.2 Å². The van der Waals surface area contributed by atoms with Gasteiger partial charge in [-0.2, -0.15) is 0 Å². The van der Waals surface area contributed by atoms with Crippen LogP contribution in [0.15, 0.2) is 59.8 Å². The molecule has 0 unspecified atom stereocenters. The quantitative estimate of drug-likeness (QED) is 0.510. The number of amides is 1. The average Bonchev–Trinajstić information content (AvgIpc) is 3.38. The molecule has 2 heterocycles. The summed E-state index contributed by atoms with van der Waals surface area (Å²) in [6.45, 7) is 1.88. The summed E-state index contributed by atoms with van der Waals surface area (Å²) < 4.78 is 7.72. The van der Waals surface area contributed by atoms with E-state index in [0.717, 1.165) is 41.8 Å². The highest BCUT2D eigenvalue weighted by atomic mass is 35.5. The number of hydrogen-bond donors (Lipinski definition) is 0. The second kappa shape index (κ2) is 9.53. The lowest BCUT2D eigenvalue weighted by atomic mass is 10.1. The van der Waals surface area contributed by atoms with Crippen molar-refractivity contribution in [1.82, 2.24) is 19.7 Å². The Balaban J connectivity index is 1.29. The van der Waals surface area contributed by atoms with Crippen LogP contribution in [0.25, 0.3) is 0 Å². The van der Waals surface area contributed by atoms with E-state index in [1.54, 1.807) is 17.8 Å². The van der Waals surface area contributed by atoms with Crippen molar-refractivity contribution < 1.29 is 9.53 Å². The Morgan fingerprint density at radius 3 is 2.73 bits per heavy atom. The third-order valence-electron chi connectivity index (χ3n) is 5.16. The van der Waals surface area contributed by atoms with E-state index in [2.05, 4.69) is 10.2 Å². The lowest BCUT2D eigenvalue weighted by Crippen LogP contribution is -2.28. The molecule has 1 aliphatic heterocycles. The molecule has 1 atom stereocenters. The fourth-order valence-corrected chi connectivity index (χ4v) is 4.65. The molecule has 6 nitrogen and oxygen atoms in total. The Bertz CT molecular complexity index is 1010. The molecule has 1 fully saturated rings. The van der Waals surface area contributed by atoms with Crippen LogP contribution < -0.4 is 4.74 Å². The molecule has 156 valence electrons. The van der Waals surface area contributed by atoms with E-state index in [9.17, 15) is 4.79 Å². The molecule has 4 rings (SSSR count). The third kappa shape index (κ3) is 4.79. The van der Waals surface area contributed by atoms with Gasteiger partial charge in [0.15, 0.2) is 11.0 Å². The zero-order valence-corrected chi connectivity index (χ0v) is 18.3. The minimum absolute atomic E-state index is 0.112. The maximum Gasteiger partial charge on any atom is 0.253 e. The average molecular weight is 443 g/mol. The summed E-state index contributed by atoms with van der Waals surface area (Å²) in [6, 6.07) is 16.8. The van der Waals surface area contributed by atoms with Gasteiger partial charge in [0.05, 0.1) is 5.02 Å². The van der Waals surface area contributed by atoms with Crippen molar-refractivity contribution in [3.63, 3.8) is 0 Å². The zero-order chi connectivity index (χ0) is 20.9. The highest BCUT2D eigenvalue weighted by Gasteiger charge is 2.27. The first-order chi connectivity index (χ1) is 14.6. The number of thioether (sulfide) groups is 1. The van der Waals surface area contributed by atoms with Gasteiger partial charge in [0.1, 0.15) is 12.4 Å². The van der Waals surface area contributed by atoms with Crippen LogP contribution in [-0.4, -0.2) is 44.4 Å². The van der Waals surface area contributed by atoms with E-state index in [4.69, 9.17) is 16.3 Å². The Labute approximate surface area is 185 Å². The molecule has 0 spiro atoms. The fourth-order valence-electron chi connectivity index (χ4n) is 3.41. The van der Waals surface area contributed by atoms with Crippen LogP contribution in [0.2, 0.25) is 5.02 Å². The van der Waals surface area contributed by atoms with E-state index in [0.29, 0.717) is 23.3 Å². The normalized spacial score (nSPS) is 16.1. The van der Waals surface area contributed by atoms with Crippen LogP contribution in [-0.2, 0) is 13.7 Å². The minimum Gasteiger partial charge on any atom is -0.484 e. The number of likely N-dealkylation sites (tertiary alicyclic amines) is 1. The number of aromatic nitrogens is 3. The summed E-state index contributed by atoms with van der Waals surface area (Å²) in [5, 5.41) is 9.97. The Morgan fingerprint density at radius 2 is 1.93 bits per heavy atom. The molecular weight excluding hydrogens is 420 g/mol. The van der Waals surface area contributed by atoms with E-state index in [-0.39, 0.29) is 5.91 Å². The molecule has 1 saturated heterocycles. The molecule has 1 amide bonds. The number of halogens is 1. The van der Waals surface area contributed by atoms with E-state index < -0.39 is 0 Å². The third-order valence-corrected chi connectivity index (χ3v) is 6.72. The lowest BCUT2D eigenvalue weighted by molar-refractivity contribution is 0.0788. The Hall–Kier alpha value is -2.51. The predicted molar refractivity (Wildman–Crippen MR) is 118 cm³/mol. The van der Waals surface area contributed by atoms with Gasteiger partial charge >= 0.3 is 0 Å². The maximum absolute atomic E-state index is 12.6. The second-order valence-corrected chi connectivity index (χ2v) is 8.65. The zero-order valence-electron chi connectivity index (χ0n) is 16.7. The monoisotopic (exact) mass is 442 g/mol. The number of carbonyl (C=O) groups is 1. The largest absolute Gasteiger partial charge is 0.484 e. The van der Waals surface area contributed by atoms with Gasteiger partial charge in [0.2, 0.25) is 0 Å². The van der Waals surface area contributed by atoms with Crippen molar-refractivity contribution in [2.45, 2.75) is 18.2 Å². The molecule has 0 aliphatic carbocycles. The van der Waals surface area contributed by atoms with Crippen molar-refractivity contribution in [3.05, 3.63) is 71.0 Å². The van der Waals surface area contributed by atoms with Gasteiger partial charge in [0, 0.05) is 31.5 Å². The van der Waals surface area contributed by atoms with Crippen LogP contribution in [0.1, 0.15) is 22.6 Å². The van der Waals surface area contributed by atoms with Gasteiger partial charge in [-0.25, -0.2) is 0 Å². The number of carbonyl (C=O) groups excluding carboxylic acids is 1. The molecule has 2 aromatic carbocycles. The number of para-hydroxylation sites is 1. The maximum atomic E-state index is 12.6. The molecule has 0 N–H and O–H groups in total. The number of ether oxygens (including phenoxy) is 1. The van der Waals surface area contributed by atoms with Gasteiger partial charge in [0.25, 0.3) is 5.91 Å². The van der Waals surface area contributed by atoms with Crippen molar-refractivity contribution in [2.24, 2.45) is 13.0 Å². The summed E-state index contributed by atoms with van der Waals surface area (Å²) in [5.41, 5.74) is 0.752. The molecule has 0 saturated carbocycles. The fraction of sp³-hybridized carbons (Fsp3) is 0.318. The van der Waals surface area contributed by atoms with E-state index in [1.807, 2.05) is 65.0 Å². The van der Waals surface area contributed by atoms with Crippen molar-refractivity contribution >= 4 is 29.3 Å². The Morgan fingerprint density at radius 1 is 1.17 bits per heavy atom. The van der Waals surface area contributed by atoms with Crippen LogP contribution in [0.3, 0.4) is 0 Å². The molecule has 1 aromatic heterocycles. The number of nitrogens with zero attached hydrogens (tertiary/aromatic N) is 4. The smallest absolute Gasteiger partial charge is 0.253 e. The summed E-state index contributed by atoms with van der Waals surface area (Å²) in [6.07, 6.45) is 1.01. The first-order valence-electron chi connectivity index (χ1n) is 9.84. The van der Waals surface area contributed by atoms with Crippen molar-refractivity contribution in [3.8, 4) is 5.75 Å². The summed E-state index contributed by atoms with van der Waals surface area (Å²) in [7, 11) is 1.94. The standard InChI is InChI=1S/C22H23ClN4O2S/c1-26-20(14-29-19-10-6-5-9-18(19)23)24-25-22(26)30-15-16-11-12-27(13-16)21(28)17-7-3-2-4-8-17/h2-10,16H,11-15H2,1H3/t16-/m0/s1. The van der Waals surface area contributed by atoms with Crippen molar-refractivity contribution in [1.29, 1.82) is 0 Å². The van der Waals surface area contributed by atoms with Gasteiger partial charge in [-0.15, -0.1) is 10.2 Å². The highest BCUT2D eigenvalue weighted by molar-refractivity contribution is 7.99. The molecule has 8 heteroatoms. The van der Waals surface area contributed by atoms with E-state index >= 15 is 0 Å². The van der Waals surface area contributed by atoms with Gasteiger partial charge in [-0.05, 0) is 36.6 Å². The van der Waals surface area contributed by atoms with Gasteiger partial charge in [-0.1, -0.05) is 53.7 Å². The van der Waals surface area contributed by atoms with Crippen LogP contribution >= 0.6 is 23.4 Å². The Kier molecular flexibility index (Phi) is 6.59. The van der Waals surface area contributed by atoms with Crippen LogP contribution in [0.5, 0.6) is 5.75 Å². The lowest BCUT2D eigenvalue weighted by Gasteiger charge is -2.16. The second-order valence-electron chi connectivity index (χ2n) is 7.26. The number of benzene rings is 2. The first-order valence-corrected chi connectivity index (χ1v) is 11.2. The minimum atomic E-state index is 0.112. The van der Waals surface area contributed by atoms with Crippen LogP contribution in [0, 0.1) is 5.92 Å². The molecule has 0 radical (unpaired) electrons. The SMILES string of the molecule is Cn1c(COc2ccccc2Cl)nnc1SC[C@H]1CCN(C(=O)c2ccccc2)C1. The summed E-state index contributed by atoms with van der Waals surface area (Å²) in [4.78, 5) is 14.6. The van der Waals surface area contributed by atoms with E-state index in [1.165, 1.54) is 0 Å². The molecule has 30 heavy (non-hydrogen) atoms. The molecule has 1 aliphatic rings. The first kappa shape index (κ1) is 20.8. The van der Waals surface area contributed by atoms with Crippen molar-refractivity contribution in [2.75, 3.05) is 18.8 Å². The van der Waals surface area contributed by atoms with Gasteiger partial charge in [-0.3, -0.25) is 4.79 Å². The summed E-state index contributed by atoms with van der Waals surface area (Å²) >= 11 is 7.80. The van der Waals surface area contributed by atoms with Gasteiger partial charge < -0.3 is 14.2 Å². The molecular formula is C22H23ClN4O2S. The number of hydrogen-bond acceptors (Lipinski definition) is 5. The van der Waals surface area contributed by atoms with Crippen LogP contribution in [0.4, 0.5) is 0 Å². The molecule has 0 bridgehead atoms. The molecule has 3 aromatic rings. The number of rotatable bonds is 7.